The molecule has 2 rings (SSSR count). The summed E-state index contributed by atoms with van der Waals surface area (Å²) in [5.74, 6) is 0. The molecule has 0 aromatic rings. The van der Waals surface area contributed by atoms with Crippen molar-refractivity contribution in [2.24, 2.45) is 5.73 Å². The van der Waals surface area contributed by atoms with Crippen LogP contribution in [0.1, 0.15) is 84.5 Å². The maximum absolute atomic E-state index is 5.63. The fraction of sp³-hybridized carbons (Fsp3) is 1.00. The molecule has 3 N–H and O–H groups in total. The normalized spacial score (nSPS) is 24.2. The van der Waals surface area contributed by atoms with Gasteiger partial charge >= 0.3 is 0 Å². The summed E-state index contributed by atoms with van der Waals surface area (Å²) in [6, 6.07) is 2.09. The third-order valence-corrected chi connectivity index (χ3v) is 4.39. The summed E-state index contributed by atoms with van der Waals surface area (Å²) in [4.78, 5) is 0. The maximum Gasteiger partial charge on any atom is 0.00695 e. The fourth-order valence-corrected chi connectivity index (χ4v) is 2.92. The lowest BCUT2D eigenvalue weighted by Crippen LogP contribution is -2.37. The van der Waals surface area contributed by atoms with Gasteiger partial charge in [-0.15, -0.1) is 0 Å². The Morgan fingerprint density at radius 1 is 0.944 bits per heavy atom. The molecular weight excluding hydrogens is 220 g/mol. The van der Waals surface area contributed by atoms with Gasteiger partial charge in [0.2, 0.25) is 0 Å². The summed E-state index contributed by atoms with van der Waals surface area (Å²) < 4.78 is 0. The van der Waals surface area contributed by atoms with Crippen LogP contribution in [0.5, 0.6) is 0 Å². The number of hydrogen-bond donors (Lipinski definition) is 2. The lowest BCUT2D eigenvalue weighted by atomic mass is 9.95. The standard InChI is InChI=1S/C10H21N.C6H13N/c1-3-9(2)11-10-7-5-4-6-8-10;7-6-4-2-1-3-5-6/h9-11H,3-8H2,1-2H3;6H,1-5,7H2. The van der Waals surface area contributed by atoms with Crippen LogP contribution in [0.4, 0.5) is 0 Å². The Bertz CT molecular complexity index is 182. The zero-order valence-electron chi connectivity index (χ0n) is 12.6. The van der Waals surface area contributed by atoms with Crippen molar-refractivity contribution in [2.45, 2.75) is 103 Å². The van der Waals surface area contributed by atoms with E-state index in [4.69, 9.17) is 5.73 Å². The molecule has 1 atom stereocenters. The topological polar surface area (TPSA) is 38.0 Å². The molecule has 2 aliphatic carbocycles. The van der Waals surface area contributed by atoms with E-state index in [1.165, 1.54) is 70.6 Å². The van der Waals surface area contributed by atoms with Gasteiger partial charge in [-0.25, -0.2) is 0 Å². The summed E-state index contributed by atoms with van der Waals surface area (Å²) >= 11 is 0. The molecule has 0 amide bonds. The third kappa shape index (κ3) is 7.38. The Kier molecular flexibility index (Phi) is 8.70. The van der Waals surface area contributed by atoms with E-state index in [0.717, 1.165) is 12.1 Å². The summed E-state index contributed by atoms with van der Waals surface area (Å²) in [6.07, 6.45) is 15.1. The van der Waals surface area contributed by atoms with Crippen molar-refractivity contribution >= 4 is 0 Å². The van der Waals surface area contributed by atoms with Crippen LogP contribution in [-0.4, -0.2) is 18.1 Å². The Morgan fingerprint density at radius 3 is 1.83 bits per heavy atom. The van der Waals surface area contributed by atoms with Gasteiger partial charge in [-0.3, -0.25) is 0 Å². The van der Waals surface area contributed by atoms with Crippen molar-refractivity contribution in [3.63, 3.8) is 0 Å². The average molecular weight is 254 g/mol. The van der Waals surface area contributed by atoms with Crippen molar-refractivity contribution in [3.8, 4) is 0 Å². The van der Waals surface area contributed by atoms with Crippen LogP contribution in [0.3, 0.4) is 0 Å². The van der Waals surface area contributed by atoms with Crippen LogP contribution >= 0.6 is 0 Å². The summed E-state index contributed by atoms with van der Waals surface area (Å²) in [7, 11) is 0. The highest BCUT2D eigenvalue weighted by atomic mass is 14.9. The molecule has 0 saturated heterocycles. The monoisotopic (exact) mass is 254 g/mol. The van der Waals surface area contributed by atoms with Crippen molar-refractivity contribution in [1.82, 2.24) is 5.32 Å². The van der Waals surface area contributed by atoms with Gasteiger partial charge in [0.15, 0.2) is 0 Å². The average Bonchev–Trinajstić information content (AvgIpc) is 2.41. The molecule has 18 heavy (non-hydrogen) atoms. The van der Waals surface area contributed by atoms with Gasteiger partial charge in [0.05, 0.1) is 0 Å². The van der Waals surface area contributed by atoms with E-state index in [2.05, 4.69) is 19.2 Å². The highest BCUT2D eigenvalue weighted by molar-refractivity contribution is 4.74. The van der Waals surface area contributed by atoms with Crippen molar-refractivity contribution in [3.05, 3.63) is 0 Å². The molecule has 2 heteroatoms. The predicted molar refractivity (Wildman–Crippen MR) is 80.8 cm³/mol. The van der Waals surface area contributed by atoms with Crippen LogP contribution in [0.15, 0.2) is 0 Å². The molecule has 0 bridgehead atoms. The Balaban J connectivity index is 0.000000199. The van der Waals surface area contributed by atoms with Gasteiger partial charge in [-0.1, -0.05) is 45.4 Å². The van der Waals surface area contributed by atoms with E-state index in [-0.39, 0.29) is 0 Å². The van der Waals surface area contributed by atoms with Gasteiger partial charge in [0.25, 0.3) is 0 Å². The van der Waals surface area contributed by atoms with Gasteiger partial charge < -0.3 is 11.1 Å². The van der Waals surface area contributed by atoms with Crippen molar-refractivity contribution in [2.75, 3.05) is 0 Å². The predicted octanol–water partition coefficient (Wildman–Crippen LogP) is 3.99. The molecule has 2 saturated carbocycles. The largest absolute Gasteiger partial charge is 0.328 e. The smallest absolute Gasteiger partial charge is 0.00695 e. The van der Waals surface area contributed by atoms with Crippen LogP contribution in [0.2, 0.25) is 0 Å². The zero-order valence-corrected chi connectivity index (χ0v) is 12.6. The van der Waals surface area contributed by atoms with E-state index < -0.39 is 0 Å². The second-order valence-electron chi connectivity index (χ2n) is 6.21. The minimum atomic E-state index is 0.536. The molecule has 0 spiro atoms. The molecule has 108 valence electrons. The maximum atomic E-state index is 5.63. The van der Waals surface area contributed by atoms with E-state index in [9.17, 15) is 0 Å². The SMILES string of the molecule is CCC(C)NC1CCCCC1.NC1CCCCC1. The quantitative estimate of drug-likeness (QED) is 0.799. The Labute approximate surface area is 114 Å². The zero-order chi connectivity index (χ0) is 13.2. The van der Waals surface area contributed by atoms with Crippen LogP contribution < -0.4 is 11.1 Å². The number of hydrogen-bond acceptors (Lipinski definition) is 2. The molecule has 0 radical (unpaired) electrons. The first-order chi connectivity index (χ1) is 8.72. The number of rotatable bonds is 3. The van der Waals surface area contributed by atoms with Gasteiger partial charge in [0, 0.05) is 18.1 Å². The minimum Gasteiger partial charge on any atom is -0.328 e. The van der Waals surface area contributed by atoms with E-state index in [0.29, 0.717) is 6.04 Å². The summed E-state index contributed by atoms with van der Waals surface area (Å²) in [5, 5.41) is 3.67. The van der Waals surface area contributed by atoms with E-state index in [1.54, 1.807) is 0 Å². The van der Waals surface area contributed by atoms with Crippen LogP contribution in [0, 0.1) is 0 Å². The van der Waals surface area contributed by atoms with E-state index >= 15 is 0 Å². The fourth-order valence-electron chi connectivity index (χ4n) is 2.92. The summed E-state index contributed by atoms with van der Waals surface area (Å²) in [5.41, 5.74) is 5.63. The number of nitrogens with one attached hydrogen (secondary N) is 1. The first-order valence-corrected chi connectivity index (χ1v) is 8.24. The molecular formula is C16H34N2. The second kappa shape index (κ2) is 9.80. The van der Waals surface area contributed by atoms with Crippen LogP contribution in [-0.2, 0) is 0 Å². The van der Waals surface area contributed by atoms with E-state index in [1.807, 2.05) is 0 Å². The molecule has 2 aliphatic rings. The number of nitrogens with two attached hydrogens (primary N) is 1. The highest BCUT2D eigenvalue weighted by Crippen LogP contribution is 2.18. The highest BCUT2D eigenvalue weighted by Gasteiger charge is 2.13. The molecule has 0 aromatic heterocycles. The van der Waals surface area contributed by atoms with Crippen molar-refractivity contribution < 1.29 is 0 Å². The molecule has 0 heterocycles. The molecule has 0 aromatic carbocycles. The first-order valence-electron chi connectivity index (χ1n) is 8.24. The van der Waals surface area contributed by atoms with Gasteiger partial charge in [-0.2, -0.15) is 0 Å². The molecule has 1 unspecified atom stereocenters. The molecule has 2 fully saturated rings. The molecule has 2 nitrogen and oxygen atoms in total. The minimum absolute atomic E-state index is 0.536. The Hall–Kier alpha value is -0.0800. The molecule has 0 aliphatic heterocycles. The first kappa shape index (κ1) is 16.0. The Morgan fingerprint density at radius 2 is 1.44 bits per heavy atom. The van der Waals surface area contributed by atoms with Gasteiger partial charge in [0.1, 0.15) is 0 Å². The van der Waals surface area contributed by atoms with Gasteiger partial charge in [-0.05, 0) is 39.0 Å². The van der Waals surface area contributed by atoms with Crippen LogP contribution in [0.25, 0.3) is 0 Å². The third-order valence-electron chi connectivity index (χ3n) is 4.39. The lowest BCUT2D eigenvalue weighted by Gasteiger charge is -2.25. The van der Waals surface area contributed by atoms with Crippen molar-refractivity contribution in [1.29, 1.82) is 0 Å². The summed E-state index contributed by atoms with van der Waals surface area (Å²) in [6.45, 7) is 4.54. The lowest BCUT2D eigenvalue weighted by molar-refractivity contribution is 0.340. The second-order valence-corrected chi connectivity index (χ2v) is 6.21.